The first kappa shape index (κ1) is 25.9. The highest BCUT2D eigenvalue weighted by atomic mass is 16.3. The van der Waals surface area contributed by atoms with Gasteiger partial charge in [-0.2, -0.15) is 5.10 Å². The summed E-state index contributed by atoms with van der Waals surface area (Å²) in [6.45, 7) is 11.9. The van der Waals surface area contributed by atoms with Crippen molar-refractivity contribution in [1.82, 2.24) is 15.1 Å². The Kier molecular flexibility index (Phi) is 7.86. The molecule has 0 saturated heterocycles. The number of hydrogen-bond acceptors (Lipinski definition) is 4. The molecule has 1 aliphatic carbocycles. The predicted octanol–water partition coefficient (Wildman–Crippen LogP) is 4.35. The fraction of sp³-hybridized carbons (Fsp3) is 0.593. The van der Waals surface area contributed by atoms with Crippen molar-refractivity contribution in [2.75, 3.05) is 5.32 Å². The monoisotopic (exact) mass is 468 g/mol. The Morgan fingerprint density at radius 3 is 2.24 bits per heavy atom. The summed E-state index contributed by atoms with van der Waals surface area (Å²) in [7, 11) is 0. The molecular weight excluding hydrogens is 428 g/mol. The Morgan fingerprint density at radius 2 is 1.65 bits per heavy atom. The fourth-order valence-electron chi connectivity index (χ4n) is 4.55. The highest BCUT2D eigenvalue weighted by Crippen LogP contribution is 2.34. The van der Waals surface area contributed by atoms with Gasteiger partial charge in [0.25, 0.3) is 0 Å². The third-order valence-electron chi connectivity index (χ3n) is 6.85. The minimum absolute atomic E-state index is 0.0332. The second-order valence-corrected chi connectivity index (χ2v) is 11.1. The highest BCUT2D eigenvalue weighted by Gasteiger charge is 2.32. The van der Waals surface area contributed by atoms with Crippen molar-refractivity contribution in [2.45, 2.75) is 96.7 Å². The summed E-state index contributed by atoms with van der Waals surface area (Å²) >= 11 is 0. The standard InChI is InChI=1S/C27H40N4O3/c1-18(28-25(34)23(32)19-13-9-7-10-14-19)24(33)29-22-17-21(30-31(22)26(2,3)4)27(5,6)20-15-11-8-12-16-20/h8,11-12,15-19,23,32H,7,9-10,13-14H2,1-6H3,(H,28,34)(H,29,33). The summed E-state index contributed by atoms with van der Waals surface area (Å²) < 4.78 is 1.82. The lowest BCUT2D eigenvalue weighted by atomic mass is 9.82. The summed E-state index contributed by atoms with van der Waals surface area (Å²) in [5.74, 6) is -0.289. The van der Waals surface area contributed by atoms with Gasteiger partial charge in [-0.25, -0.2) is 4.68 Å². The third-order valence-corrected chi connectivity index (χ3v) is 6.85. The summed E-state index contributed by atoms with van der Waals surface area (Å²) in [5, 5.41) is 21.0. The first-order chi connectivity index (χ1) is 15.9. The zero-order valence-electron chi connectivity index (χ0n) is 21.4. The van der Waals surface area contributed by atoms with Crippen LogP contribution in [0.3, 0.4) is 0 Å². The number of aliphatic hydroxyl groups is 1. The number of rotatable bonds is 7. The zero-order chi connectivity index (χ0) is 25.1. The van der Waals surface area contributed by atoms with Crippen molar-refractivity contribution in [3.63, 3.8) is 0 Å². The van der Waals surface area contributed by atoms with E-state index in [0.717, 1.165) is 43.4 Å². The Hall–Kier alpha value is -2.67. The van der Waals surface area contributed by atoms with Crippen LogP contribution in [0.25, 0.3) is 0 Å². The van der Waals surface area contributed by atoms with Crippen molar-refractivity contribution in [3.8, 4) is 0 Å². The maximum Gasteiger partial charge on any atom is 0.249 e. The molecule has 1 aliphatic rings. The number of nitrogens with zero attached hydrogens (tertiary/aromatic N) is 2. The Balaban J connectivity index is 1.75. The van der Waals surface area contributed by atoms with Crippen LogP contribution in [0, 0.1) is 5.92 Å². The van der Waals surface area contributed by atoms with Crippen LogP contribution in [0.4, 0.5) is 5.82 Å². The number of benzene rings is 1. The van der Waals surface area contributed by atoms with Crippen molar-refractivity contribution in [3.05, 3.63) is 47.7 Å². The van der Waals surface area contributed by atoms with Gasteiger partial charge in [-0.3, -0.25) is 9.59 Å². The average molecular weight is 469 g/mol. The van der Waals surface area contributed by atoms with Gasteiger partial charge in [-0.05, 0) is 52.0 Å². The number of hydrogen-bond donors (Lipinski definition) is 3. The summed E-state index contributed by atoms with van der Waals surface area (Å²) in [6, 6.07) is 11.3. The van der Waals surface area contributed by atoms with Crippen LogP contribution in [0.5, 0.6) is 0 Å². The summed E-state index contributed by atoms with van der Waals surface area (Å²) in [5.41, 5.74) is 1.25. The minimum atomic E-state index is -1.08. The van der Waals surface area contributed by atoms with Crippen molar-refractivity contribution < 1.29 is 14.7 Å². The zero-order valence-corrected chi connectivity index (χ0v) is 21.4. The van der Waals surface area contributed by atoms with E-state index in [1.165, 1.54) is 0 Å². The molecule has 1 heterocycles. The Morgan fingerprint density at radius 1 is 1.03 bits per heavy atom. The van der Waals surface area contributed by atoms with E-state index < -0.39 is 18.1 Å². The van der Waals surface area contributed by atoms with Gasteiger partial charge in [0.05, 0.1) is 11.2 Å². The van der Waals surface area contributed by atoms with E-state index in [9.17, 15) is 14.7 Å². The van der Waals surface area contributed by atoms with Crippen molar-refractivity contribution >= 4 is 17.6 Å². The minimum Gasteiger partial charge on any atom is -0.383 e. The SMILES string of the molecule is CC(NC(=O)C(O)C1CCCCC1)C(=O)Nc1cc(C(C)(C)c2ccccc2)nn1C(C)(C)C. The van der Waals surface area contributed by atoms with Gasteiger partial charge in [0.1, 0.15) is 18.0 Å². The lowest BCUT2D eigenvalue weighted by Gasteiger charge is -2.27. The molecule has 2 aromatic rings. The quantitative estimate of drug-likeness (QED) is 0.563. The maximum atomic E-state index is 13.0. The average Bonchev–Trinajstić information content (AvgIpc) is 3.25. The molecule has 1 saturated carbocycles. The molecule has 1 fully saturated rings. The molecule has 0 bridgehead atoms. The van der Waals surface area contributed by atoms with Crippen LogP contribution in [0.2, 0.25) is 0 Å². The lowest BCUT2D eigenvalue weighted by molar-refractivity contribution is -0.135. The van der Waals surface area contributed by atoms with E-state index in [-0.39, 0.29) is 22.8 Å². The van der Waals surface area contributed by atoms with Crippen LogP contribution in [-0.2, 0) is 20.5 Å². The number of carbonyl (C=O) groups excluding carboxylic acids is 2. The van der Waals surface area contributed by atoms with Crippen molar-refractivity contribution in [1.29, 1.82) is 0 Å². The number of nitrogens with one attached hydrogen (secondary N) is 2. The van der Waals surface area contributed by atoms with Crippen molar-refractivity contribution in [2.24, 2.45) is 5.92 Å². The molecule has 0 aliphatic heterocycles. The molecule has 0 radical (unpaired) electrons. The Labute approximate surface area is 203 Å². The molecule has 3 N–H and O–H groups in total. The number of aliphatic hydroxyl groups excluding tert-OH is 1. The molecule has 7 nitrogen and oxygen atoms in total. The number of aromatic nitrogens is 2. The van der Waals surface area contributed by atoms with Crippen LogP contribution in [0.1, 0.15) is 84.9 Å². The van der Waals surface area contributed by atoms with E-state index in [0.29, 0.717) is 5.82 Å². The smallest absolute Gasteiger partial charge is 0.249 e. The number of anilines is 1. The van der Waals surface area contributed by atoms with E-state index in [2.05, 4.69) is 36.6 Å². The van der Waals surface area contributed by atoms with Crippen LogP contribution >= 0.6 is 0 Å². The first-order valence-corrected chi connectivity index (χ1v) is 12.4. The number of carbonyl (C=O) groups is 2. The van der Waals surface area contributed by atoms with E-state index in [1.54, 1.807) is 6.92 Å². The molecule has 34 heavy (non-hydrogen) atoms. The van der Waals surface area contributed by atoms with Crippen LogP contribution in [0.15, 0.2) is 36.4 Å². The van der Waals surface area contributed by atoms with E-state index in [4.69, 9.17) is 5.10 Å². The molecule has 2 amide bonds. The molecular formula is C27H40N4O3. The molecule has 0 spiro atoms. The van der Waals surface area contributed by atoms with Gasteiger partial charge in [-0.1, -0.05) is 63.4 Å². The first-order valence-electron chi connectivity index (χ1n) is 12.4. The predicted molar refractivity (Wildman–Crippen MR) is 135 cm³/mol. The van der Waals surface area contributed by atoms with Crippen LogP contribution in [-0.4, -0.2) is 38.8 Å². The molecule has 7 heteroatoms. The molecule has 186 valence electrons. The largest absolute Gasteiger partial charge is 0.383 e. The maximum absolute atomic E-state index is 13.0. The van der Waals surface area contributed by atoms with Gasteiger partial charge in [0, 0.05) is 11.5 Å². The summed E-state index contributed by atoms with van der Waals surface area (Å²) in [4.78, 5) is 25.6. The molecule has 3 rings (SSSR count). The van der Waals surface area contributed by atoms with Crippen LogP contribution < -0.4 is 10.6 Å². The third kappa shape index (κ3) is 5.87. The second kappa shape index (κ2) is 10.3. The lowest BCUT2D eigenvalue weighted by Crippen LogP contribution is -2.48. The molecule has 2 unspecified atom stereocenters. The Bertz CT molecular complexity index is 985. The highest BCUT2D eigenvalue weighted by molar-refractivity contribution is 5.97. The van der Waals surface area contributed by atoms with Gasteiger partial charge in [-0.15, -0.1) is 0 Å². The topological polar surface area (TPSA) is 96.2 Å². The van der Waals surface area contributed by atoms with Gasteiger partial charge in [0.15, 0.2) is 0 Å². The van der Waals surface area contributed by atoms with E-state index in [1.807, 2.05) is 49.7 Å². The van der Waals surface area contributed by atoms with Gasteiger partial charge >= 0.3 is 0 Å². The molecule has 1 aromatic carbocycles. The second-order valence-electron chi connectivity index (χ2n) is 11.1. The van der Waals surface area contributed by atoms with E-state index >= 15 is 0 Å². The molecule has 1 aromatic heterocycles. The summed E-state index contributed by atoms with van der Waals surface area (Å²) in [6.07, 6.45) is 3.83. The molecule has 2 atom stereocenters. The normalized spacial score (nSPS) is 17.1. The van der Waals surface area contributed by atoms with Gasteiger partial charge < -0.3 is 15.7 Å². The van der Waals surface area contributed by atoms with Gasteiger partial charge in [0.2, 0.25) is 11.8 Å². The number of amides is 2. The fourth-order valence-corrected chi connectivity index (χ4v) is 4.55.